The third-order valence-electron chi connectivity index (χ3n) is 3.56. The van der Waals surface area contributed by atoms with Crippen LogP contribution in [-0.4, -0.2) is 0 Å². The van der Waals surface area contributed by atoms with Gasteiger partial charge in [-0.15, -0.1) is 0 Å². The summed E-state index contributed by atoms with van der Waals surface area (Å²) in [5, 5.41) is 3.41. The zero-order chi connectivity index (χ0) is 9.76. The second-order valence-corrected chi connectivity index (χ2v) is 5.06. The van der Waals surface area contributed by atoms with E-state index in [1.807, 2.05) is 0 Å². The number of nitrogens with one attached hydrogen (secondary N) is 1. The molecule has 0 unspecified atom stereocenters. The van der Waals surface area contributed by atoms with Crippen molar-refractivity contribution in [1.29, 1.82) is 0 Å². The van der Waals surface area contributed by atoms with Crippen LogP contribution in [0.1, 0.15) is 24.8 Å². The lowest BCUT2D eigenvalue weighted by atomic mass is 9.64. The molecular weight excluding hydrogens is 238 g/mol. The summed E-state index contributed by atoms with van der Waals surface area (Å²) in [6, 6.07) is 6.33. The Morgan fingerprint density at radius 1 is 1.36 bits per heavy atom. The molecular formula is C12H12BrN. The highest BCUT2D eigenvalue weighted by molar-refractivity contribution is 9.10. The average Bonchev–Trinajstić information content (AvgIpc) is 2.37. The highest BCUT2D eigenvalue weighted by atomic mass is 79.9. The Balaban J connectivity index is 2.25. The fraction of sp³-hybridized carbons (Fsp3) is 0.333. The van der Waals surface area contributed by atoms with Crippen LogP contribution in [0.25, 0.3) is 0 Å². The van der Waals surface area contributed by atoms with E-state index in [2.05, 4.69) is 46.0 Å². The van der Waals surface area contributed by atoms with Gasteiger partial charge in [-0.2, -0.15) is 0 Å². The van der Waals surface area contributed by atoms with Crippen LogP contribution in [0, 0.1) is 0 Å². The lowest BCUT2D eigenvalue weighted by Gasteiger charge is -2.39. The first kappa shape index (κ1) is 8.54. The van der Waals surface area contributed by atoms with Crippen LogP contribution < -0.4 is 5.32 Å². The van der Waals surface area contributed by atoms with Crippen molar-refractivity contribution >= 4 is 21.6 Å². The predicted molar refractivity (Wildman–Crippen MR) is 62.4 cm³/mol. The van der Waals surface area contributed by atoms with Crippen molar-refractivity contribution in [2.24, 2.45) is 0 Å². The van der Waals surface area contributed by atoms with Crippen molar-refractivity contribution in [2.75, 3.05) is 5.32 Å². The highest BCUT2D eigenvalue weighted by Gasteiger charge is 2.47. The molecule has 0 amide bonds. The van der Waals surface area contributed by atoms with Gasteiger partial charge in [-0.05, 0) is 25.0 Å². The SMILES string of the molecule is C=C1Nc2cccc(Br)c2C12CCC2. The molecule has 0 bridgehead atoms. The molecule has 1 aromatic carbocycles. The fourth-order valence-corrected chi connectivity index (χ4v) is 3.38. The maximum absolute atomic E-state index is 4.15. The van der Waals surface area contributed by atoms with Crippen molar-refractivity contribution in [3.8, 4) is 0 Å². The smallest absolute Gasteiger partial charge is 0.0435 e. The maximum Gasteiger partial charge on any atom is 0.0435 e. The van der Waals surface area contributed by atoms with E-state index in [-0.39, 0.29) is 5.41 Å². The zero-order valence-corrected chi connectivity index (χ0v) is 9.52. The molecule has 1 spiro atoms. The summed E-state index contributed by atoms with van der Waals surface area (Å²) in [5.41, 5.74) is 4.10. The molecule has 1 heterocycles. The first-order chi connectivity index (χ1) is 6.74. The van der Waals surface area contributed by atoms with Gasteiger partial charge in [0, 0.05) is 26.8 Å². The summed E-state index contributed by atoms with van der Waals surface area (Å²) in [6.45, 7) is 4.15. The first-order valence-electron chi connectivity index (χ1n) is 4.99. The summed E-state index contributed by atoms with van der Waals surface area (Å²) in [6.07, 6.45) is 3.81. The van der Waals surface area contributed by atoms with Crippen LogP contribution in [0.3, 0.4) is 0 Å². The quantitative estimate of drug-likeness (QED) is 0.738. The summed E-state index contributed by atoms with van der Waals surface area (Å²) in [7, 11) is 0. The number of allylic oxidation sites excluding steroid dienone is 1. The minimum atomic E-state index is 0.245. The average molecular weight is 250 g/mol. The Morgan fingerprint density at radius 2 is 2.14 bits per heavy atom. The van der Waals surface area contributed by atoms with Crippen molar-refractivity contribution in [3.63, 3.8) is 0 Å². The zero-order valence-electron chi connectivity index (χ0n) is 7.94. The third-order valence-corrected chi connectivity index (χ3v) is 4.22. The van der Waals surface area contributed by atoms with Crippen molar-refractivity contribution < 1.29 is 0 Å². The van der Waals surface area contributed by atoms with Gasteiger partial charge in [-0.25, -0.2) is 0 Å². The Hall–Kier alpha value is -0.760. The molecule has 72 valence electrons. The number of hydrogen-bond donors (Lipinski definition) is 1. The van der Waals surface area contributed by atoms with Gasteiger partial charge >= 0.3 is 0 Å². The molecule has 0 saturated heterocycles. The van der Waals surface area contributed by atoms with Crippen LogP contribution in [0.5, 0.6) is 0 Å². The molecule has 1 nitrogen and oxygen atoms in total. The summed E-state index contributed by atoms with van der Waals surface area (Å²) < 4.78 is 1.22. The van der Waals surface area contributed by atoms with Gasteiger partial charge < -0.3 is 5.32 Å². The Labute approximate surface area is 92.3 Å². The summed E-state index contributed by atoms with van der Waals surface area (Å²) in [4.78, 5) is 0. The van der Waals surface area contributed by atoms with E-state index in [4.69, 9.17) is 0 Å². The molecule has 14 heavy (non-hydrogen) atoms. The minimum absolute atomic E-state index is 0.245. The molecule has 0 aromatic heterocycles. The molecule has 1 N–H and O–H groups in total. The second kappa shape index (κ2) is 2.63. The van der Waals surface area contributed by atoms with Crippen molar-refractivity contribution in [3.05, 3.63) is 40.5 Å². The molecule has 1 fully saturated rings. The fourth-order valence-electron chi connectivity index (χ4n) is 2.63. The first-order valence-corrected chi connectivity index (χ1v) is 5.79. The van der Waals surface area contributed by atoms with E-state index < -0.39 is 0 Å². The molecule has 1 aliphatic carbocycles. The summed E-state index contributed by atoms with van der Waals surface area (Å²) in [5.74, 6) is 0. The van der Waals surface area contributed by atoms with E-state index in [0.29, 0.717) is 0 Å². The monoisotopic (exact) mass is 249 g/mol. The molecule has 0 atom stereocenters. The molecule has 0 radical (unpaired) electrons. The van der Waals surface area contributed by atoms with Crippen LogP contribution in [0.15, 0.2) is 34.9 Å². The standard InChI is InChI=1S/C12H12BrN/c1-8-12(6-3-7-12)11-9(13)4-2-5-10(11)14-8/h2,4-5,14H,1,3,6-7H2. The Bertz CT molecular complexity index is 418. The number of hydrogen-bond acceptors (Lipinski definition) is 1. The van der Waals surface area contributed by atoms with E-state index in [9.17, 15) is 0 Å². The molecule has 3 rings (SSSR count). The highest BCUT2D eigenvalue weighted by Crippen LogP contribution is 2.57. The number of anilines is 1. The number of fused-ring (bicyclic) bond motifs is 2. The van der Waals surface area contributed by atoms with Gasteiger partial charge in [0.2, 0.25) is 0 Å². The van der Waals surface area contributed by atoms with Crippen LogP contribution in [-0.2, 0) is 5.41 Å². The van der Waals surface area contributed by atoms with Crippen LogP contribution in [0.2, 0.25) is 0 Å². The molecule has 1 aliphatic heterocycles. The lowest BCUT2D eigenvalue weighted by Crippen LogP contribution is -2.34. The van der Waals surface area contributed by atoms with Gasteiger partial charge in [0.1, 0.15) is 0 Å². The summed E-state index contributed by atoms with van der Waals surface area (Å²) >= 11 is 3.64. The van der Waals surface area contributed by atoms with Gasteiger partial charge in [0.25, 0.3) is 0 Å². The Morgan fingerprint density at radius 3 is 2.79 bits per heavy atom. The van der Waals surface area contributed by atoms with Gasteiger partial charge in [0.15, 0.2) is 0 Å². The van der Waals surface area contributed by atoms with E-state index >= 15 is 0 Å². The Kier molecular flexibility index (Phi) is 1.61. The molecule has 1 aromatic rings. The van der Waals surface area contributed by atoms with Gasteiger partial charge in [-0.3, -0.25) is 0 Å². The molecule has 2 heteroatoms. The maximum atomic E-state index is 4.15. The predicted octanol–water partition coefficient (Wildman–Crippen LogP) is 3.81. The normalized spacial score (nSPS) is 21.6. The third kappa shape index (κ3) is 0.850. The molecule has 1 saturated carbocycles. The number of rotatable bonds is 0. The largest absolute Gasteiger partial charge is 0.358 e. The van der Waals surface area contributed by atoms with Crippen LogP contribution >= 0.6 is 15.9 Å². The van der Waals surface area contributed by atoms with Gasteiger partial charge in [-0.1, -0.05) is 35.0 Å². The minimum Gasteiger partial charge on any atom is -0.358 e. The lowest BCUT2D eigenvalue weighted by molar-refractivity contribution is 0.306. The van der Waals surface area contributed by atoms with Gasteiger partial charge in [0.05, 0.1) is 0 Å². The molecule has 2 aliphatic rings. The number of benzene rings is 1. The topological polar surface area (TPSA) is 12.0 Å². The van der Waals surface area contributed by atoms with Crippen molar-refractivity contribution in [1.82, 2.24) is 0 Å². The van der Waals surface area contributed by atoms with Crippen molar-refractivity contribution in [2.45, 2.75) is 24.7 Å². The van der Waals surface area contributed by atoms with E-state index in [1.54, 1.807) is 0 Å². The van der Waals surface area contributed by atoms with E-state index in [0.717, 1.165) is 0 Å². The number of halogens is 1. The van der Waals surface area contributed by atoms with E-state index in [1.165, 1.54) is 40.7 Å². The second-order valence-electron chi connectivity index (χ2n) is 4.20. The van der Waals surface area contributed by atoms with Crippen LogP contribution in [0.4, 0.5) is 5.69 Å².